The Bertz CT molecular complexity index is 675. The second-order valence-corrected chi connectivity index (χ2v) is 5.91. The van der Waals surface area contributed by atoms with Crippen molar-refractivity contribution in [2.75, 3.05) is 38.5 Å². The van der Waals surface area contributed by atoms with Gasteiger partial charge in [-0.15, -0.1) is 0 Å². The van der Waals surface area contributed by atoms with E-state index in [1.54, 1.807) is 24.3 Å². The molecule has 1 amide bonds. The summed E-state index contributed by atoms with van der Waals surface area (Å²) in [7, 11) is 0. The summed E-state index contributed by atoms with van der Waals surface area (Å²) in [5, 5.41) is 12.8. The van der Waals surface area contributed by atoms with Crippen LogP contribution in [0.5, 0.6) is 0 Å². The fourth-order valence-corrected chi connectivity index (χ4v) is 3.00. The minimum Gasteiger partial charge on any atom is -0.480 e. The van der Waals surface area contributed by atoms with Gasteiger partial charge < -0.3 is 26.0 Å². The minimum atomic E-state index is -1.02. The number of carbonyl (C=O) groups is 2. The summed E-state index contributed by atoms with van der Waals surface area (Å²) < 4.78 is 0. The second kappa shape index (κ2) is 6.77. The van der Waals surface area contributed by atoms with Crippen molar-refractivity contribution in [3.63, 3.8) is 0 Å². The van der Waals surface area contributed by atoms with Crippen LogP contribution in [0.4, 0.5) is 5.69 Å². The molecule has 8 heteroatoms. The standard InChI is InChI=1S/C16H21N5O3/c17-12-4-1-3-11(9-12)14(22)21-8-7-20(10-13(21)15(23)24)16-18-5-2-6-19-16/h1,3-4,9,13H,2,5-8,10,17H2,(H,18,19)(H,23,24). The lowest BCUT2D eigenvalue weighted by molar-refractivity contribution is -0.143. The van der Waals surface area contributed by atoms with Crippen molar-refractivity contribution in [3.05, 3.63) is 29.8 Å². The zero-order valence-electron chi connectivity index (χ0n) is 13.3. The Morgan fingerprint density at radius 3 is 2.83 bits per heavy atom. The van der Waals surface area contributed by atoms with Crippen LogP contribution in [0.25, 0.3) is 0 Å². The van der Waals surface area contributed by atoms with E-state index in [-0.39, 0.29) is 12.5 Å². The lowest BCUT2D eigenvalue weighted by Crippen LogP contribution is -2.61. The summed E-state index contributed by atoms with van der Waals surface area (Å²) in [5.74, 6) is -0.607. The maximum atomic E-state index is 12.7. The molecule has 2 aliphatic rings. The van der Waals surface area contributed by atoms with Crippen LogP contribution in [0.15, 0.2) is 29.3 Å². The van der Waals surface area contributed by atoms with Gasteiger partial charge in [0, 0.05) is 37.4 Å². The van der Waals surface area contributed by atoms with E-state index >= 15 is 0 Å². The summed E-state index contributed by atoms with van der Waals surface area (Å²) in [4.78, 5) is 32.1. The fourth-order valence-electron chi connectivity index (χ4n) is 3.00. The molecule has 1 aromatic carbocycles. The van der Waals surface area contributed by atoms with Crippen molar-refractivity contribution in [2.24, 2.45) is 4.99 Å². The number of carboxylic acids is 1. The monoisotopic (exact) mass is 331 g/mol. The van der Waals surface area contributed by atoms with Crippen LogP contribution in [0.2, 0.25) is 0 Å². The molecule has 128 valence electrons. The molecule has 1 unspecified atom stereocenters. The highest BCUT2D eigenvalue weighted by molar-refractivity contribution is 5.97. The zero-order valence-corrected chi connectivity index (χ0v) is 13.3. The number of piperazine rings is 1. The number of nitrogens with two attached hydrogens (primary N) is 1. The number of nitrogens with zero attached hydrogens (tertiary/aromatic N) is 3. The highest BCUT2D eigenvalue weighted by atomic mass is 16.4. The highest BCUT2D eigenvalue weighted by Crippen LogP contribution is 2.17. The van der Waals surface area contributed by atoms with Gasteiger partial charge in [0.25, 0.3) is 5.91 Å². The Kier molecular flexibility index (Phi) is 4.54. The van der Waals surface area contributed by atoms with E-state index in [1.165, 1.54) is 4.90 Å². The van der Waals surface area contributed by atoms with Crippen molar-refractivity contribution in [3.8, 4) is 0 Å². The van der Waals surface area contributed by atoms with Gasteiger partial charge in [-0.25, -0.2) is 4.79 Å². The first kappa shape index (κ1) is 16.1. The summed E-state index contributed by atoms with van der Waals surface area (Å²) >= 11 is 0. The quantitative estimate of drug-likeness (QED) is 0.649. The predicted molar refractivity (Wildman–Crippen MR) is 89.8 cm³/mol. The summed E-state index contributed by atoms with van der Waals surface area (Å²) in [6.07, 6.45) is 0.972. The van der Waals surface area contributed by atoms with E-state index in [0.717, 1.165) is 25.5 Å². The molecular formula is C16H21N5O3. The minimum absolute atomic E-state index is 0.217. The lowest BCUT2D eigenvalue weighted by atomic mass is 10.1. The third-order valence-electron chi connectivity index (χ3n) is 4.24. The van der Waals surface area contributed by atoms with E-state index in [4.69, 9.17) is 5.73 Å². The van der Waals surface area contributed by atoms with Gasteiger partial charge in [0.2, 0.25) is 0 Å². The molecule has 1 fully saturated rings. The summed E-state index contributed by atoms with van der Waals surface area (Å²) in [6.45, 7) is 2.66. The maximum absolute atomic E-state index is 12.7. The number of hydrogen-bond donors (Lipinski definition) is 3. The van der Waals surface area contributed by atoms with Crippen LogP contribution in [0.1, 0.15) is 16.8 Å². The zero-order chi connectivity index (χ0) is 17.1. The molecule has 1 atom stereocenters. The van der Waals surface area contributed by atoms with Crippen molar-refractivity contribution < 1.29 is 14.7 Å². The van der Waals surface area contributed by atoms with Crippen LogP contribution in [0, 0.1) is 0 Å². The molecule has 0 bridgehead atoms. The van der Waals surface area contributed by atoms with Gasteiger partial charge in [0.05, 0.1) is 6.54 Å². The molecule has 2 aliphatic heterocycles. The number of hydrogen-bond acceptors (Lipinski definition) is 6. The van der Waals surface area contributed by atoms with E-state index < -0.39 is 12.0 Å². The summed E-state index contributed by atoms with van der Waals surface area (Å²) in [6, 6.07) is 5.68. The first-order valence-corrected chi connectivity index (χ1v) is 7.99. The first-order chi connectivity index (χ1) is 11.6. The number of nitrogens with one attached hydrogen (secondary N) is 1. The molecule has 0 saturated carbocycles. The van der Waals surface area contributed by atoms with Crippen LogP contribution in [0.3, 0.4) is 0 Å². The van der Waals surface area contributed by atoms with Crippen LogP contribution in [-0.4, -0.2) is 71.5 Å². The SMILES string of the molecule is Nc1cccc(C(=O)N2CCN(C3=NCCCN3)CC2C(=O)O)c1. The third kappa shape index (κ3) is 3.27. The molecule has 24 heavy (non-hydrogen) atoms. The van der Waals surface area contributed by atoms with Gasteiger partial charge in [-0.2, -0.15) is 0 Å². The smallest absolute Gasteiger partial charge is 0.328 e. The largest absolute Gasteiger partial charge is 0.480 e. The normalized spacial score (nSPS) is 21.0. The second-order valence-electron chi connectivity index (χ2n) is 5.91. The van der Waals surface area contributed by atoms with Crippen molar-refractivity contribution in [1.29, 1.82) is 0 Å². The van der Waals surface area contributed by atoms with Crippen molar-refractivity contribution in [1.82, 2.24) is 15.1 Å². The van der Waals surface area contributed by atoms with Crippen molar-refractivity contribution in [2.45, 2.75) is 12.5 Å². The number of aliphatic carboxylic acids is 1. The molecule has 8 nitrogen and oxygen atoms in total. The maximum Gasteiger partial charge on any atom is 0.328 e. The van der Waals surface area contributed by atoms with Gasteiger partial charge in [0.15, 0.2) is 5.96 Å². The Labute approximate surface area is 139 Å². The number of benzene rings is 1. The highest BCUT2D eigenvalue weighted by Gasteiger charge is 2.37. The average Bonchev–Trinajstić information content (AvgIpc) is 2.61. The summed E-state index contributed by atoms with van der Waals surface area (Å²) in [5.41, 5.74) is 6.60. The Morgan fingerprint density at radius 2 is 2.17 bits per heavy atom. The average molecular weight is 331 g/mol. The fraction of sp³-hybridized carbons (Fsp3) is 0.438. The Balaban J connectivity index is 1.78. The number of anilines is 1. The van der Waals surface area contributed by atoms with E-state index in [0.29, 0.717) is 24.3 Å². The Morgan fingerprint density at radius 1 is 1.33 bits per heavy atom. The molecule has 0 radical (unpaired) electrons. The number of carbonyl (C=O) groups excluding carboxylic acids is 1. The predicted octanol–water partition coefficient (Wildman–Crippen LogP) is -0.171. The van der Waals surface area contributed by atoms with Crippen molar-refractivity contribution >= 4 is 23.5 Å². The lowest BCUT2D eigenvalue weighted by Gasteiger charge is -2.41. The molecule has 1 saturated heterocycles. The first-order valence-electron chi connectivity index (χ1n) is 7.99. The molecule has 3 rings (SSSR count). The number of carboxylic acid groups (broad SMARTS) is 1. The molecule has 0 spiro atoms. The molecule has 1 aromatic rings. The Hall–Kier alpha value is -2.77. The number of rotatable bonds is 2. The van der Waals surface area contributed by atoms with Gasteiger partial charge in [-0.05, 0) is 24.6 Å². The molecule has 2 heterocycles. The van der Waals surface area contributed by atoms with Gasteiger partial charge >= 0.3 is 5.97 Å². The molecule has 4 N–H and O–H groups in total. The number of aliphatic imine (C=N–C) groups is 1. The molecule has 0 aliphatic carbocycles. The third-order valence-corrected chi connectivity index (χ3v) is 4.24. The van der Waals surface area contributed by atoms with E-state index in [2.05, 4.69) is 10.3 Å². The molecular weight excluding hydrogens is 310 g/mol. The van der Waals surface area contributed by atoms with E-state index in [9.17, 15) is 14.7 Å². The van der Waals surface area contributed by atoms with Crippen LogP contribution in [-0.2, 0) is 4.79 Å². The van der Waals surface area contributed by atoms with Gasteiger partial charge in [0.1, 0.15) is 6.04 Å². The van der Waals surface area contributed by atoms with E-state index in [1.807, 2.05) is 4.90 Å². The van der Waals surface area contributed by atoms with Gasteiger partial charge in [-0.1, -0.05) is 6.07 Å². The topological polar surface area (TPSA) is 111 Å². The van der Waals surface area contributed by atoms with Crippen LogP contribution >= 0.6 is 0 Å². The van der Waals surface area contributed by atoms with Gasteiger partial charge in [-0.3, -0.25) is 9.79 Å². The number of guanidine groups is 1. The number of amides is 1. The number of nitrogen functional groups attached to an aromatic ring is 1. The van der Waals surface area contributed by atoms with Crippen LogP contribution < -0.4 is 11.1 Å². The molecule has 0 aromatic heterocycles.